The third-order valence-electron chi connectivity index (χ3n) is 19.8. The highest BCUT2D eigenvalue weighted by atomic mass is 15.2. The summed E-state index contributed by atoms with van der Waals surface area (Å²) >= 11 is 0. The highest BCUT2D eigenvalue weighted by molar-refractivity contribution is 7.00. The van der Waals surface area contributed by atoms with Crippen molar-refractivity contribution in [3.05, 3.63) is 319 Å². The van der Waals surface area contributed by atoms with Gasteiger partial charge in [0.05, 0.1) is 34.6 Å². The highest BCUT2D eigenvalue weighted by Gasteiger charge is 2.46. The van der Waals surface area contributed by atoms with Crippen LogP contribution in [0, 0.1) is 22.7 Å². The second kappa shape index (κ2) is 24.4. The normalized spacial score (nSPS) is 12.5. The summed E-state index contributed by atoms with van der Waals surface area (Å²) in [5, 5.41) is 21.8. The molecule has 0 atom stereocenters. The van der Waals surface area contributed by atoms with Crippen molar-refractivity contribution < 1.29 is 0 Å². The van der Waals surface area contributed by atoms with Crippen molar-refractivity contribution >= 4 is 57.2 Å². The van der Waals surface area contributed by atoms with Gasteiger partial charge in [0.25, 0.3) is 6.71 Å². The molecule has 13 aromatic rings. The second-order valence-electron chi connectivity index (χ2n) is 29.1. The molecule has 0 N–H and O–H groups in total. The molecular weight excluding hydrogens is 1170 g/mol. The van der Waals surface area contributed by atoms with Crippen molar-refractivity contribution in [2.45, 2.75) is 78.6 Å². The molecule has 13 aromatic carbocycles. The third-order valence-corrected chi connectivity index (χ3v) is 19.8. The fourth-order valence-corrected chi connectivity index (χ4v) is 14.7. The van der Waals surface area contributed by atoms with E-state index in [0.29, 0.717) is 11.1 Å². The standard InChI is InChI=1S/C92H75BN4/c1-90(2,3)72-44-38-64(39-45-72)79-52-70(75-36-24-22-34-68(75)58-94)50-77(62-30-18-12-19-31-62)88(79)96-83-48-42-66(60-26-14-10-15-27-60)54-81(83)93-82-55-67(61-28-16-11-17-29-61)43-49-84(82)97(86-57-74(92(7,8)9)56-85(96)87(86)93)89-78(63-32-20-13-21-33-63)51-71(76-37-25-23-35-69(76)59-95)53-80(89)65-40-46-73(47-41-65)91(4,5)6/h10-57H,1-9H3. The van der Waals surface area contributed by atoms with E-state index >= 15 is 0 Å². The van der Waals surface area contributed by atoms with Gasteiger partial charge in [-0.25, -0.2) is 0 Å². The Balaban J connectivity index is 1.14. The predicted octanol–water partition coefficient (Wildman–Crippen LogP) is 22.7. The van der Waals surface area contributed by atoms with Gasteiger partial charge in [0.15, 0.2) is 0 Å². The minimum atomic E-state index is -0.356. The van der Waals surface area contributed by atoms with E-state index in [1.54, 1.807) is 0 Å². The minimum absolute atomic E-state index is 0.0893. The molecule has 4 nitrogen and oxygen atoms in total. The molecule has 0 aromatic heterocycles. The van der Waals surface area contributed by atoms with Gasteiger partial charge in [-0.05, 0) is 177 Å². The average Bonchev–Trinajstić information content (AvgIpc) is 0.687. The van der Waals surface area contributed by atoms with Crippen molar-refractivity contribution in [1.82, 2.24) is 0 Å². The van der Waals surface area contributed by atoms with E-state index in [0.717, 1.165) is 123 Å². The summed E-state index contributed by atoms with van der Waals surface area (Å²) in [4.78, 5) is 5.25. The van der Waals surface area contributed by atoms with E-state index in [2.05, 4.69) is 339 Å². The lowest BCUT2D eigenvalue weighted by molar-refractivity contribution is 0.590. The van der Waals surface area contributed by atoms with E-state index in [9.17, 15) is 10.5 Å². The van der Waals surface area contributed by atoms with E-state index in [4.69, 9.17) is 0 Å². The molecule has 0 unspecified atom stereocenters. The number of hydrogen-bond donors (Lipinski definition) is 0. The molecule has 0 aliphatic carbocycles. The quantitative estimate of drug-likeness (QED) is 0.128. The van der Waals surface area contributed by atoms with Crippen LogP contribution < -0.4 is 26.2 Å². The Labute approximate surface area is 572 Å². The van der Waals surface area contributed by atoms with Crippen LogP contribution >= 0.6 is 0 Å². The first-order chi connectivity index (χ1) is 46.9. The topological polar surface area (TPSA) is 54.1 Å². The molecule has 0 fully saturated rings. The summed E-state index contributed by atoms with van der Waals surface area (Å²) < 4.78 is 0. The van der Waals surface area contributed by atoms with Crippen molar-refractivity contribution in [3.8, 4) is 101 Å². The molecule has 0 radical (unpaired) electrons. The van der Waals surface area contributed by atoms with Crippen LogP contribution in [0.5, 0.6) is 0 Å². The Morgan fingerprint density at radius 2 is 0.557 bits per heavy atom. The molecular formula is C92H75BN4. The summed E-state index contributed by atoms with van der Waals surface area (Å²) in [5.74, 6) is 0. The number of anilines is 6. The summed E-state index contributed by atoms with van der Waals surface area (Å²) in [5.41, 5.74) is 30.9. The summed E-state index contributed by atoms with van der Waals surface area (Å²) in [6.07, 6.45) is 0. The van der Waals surface area contributed by atoms with Crippen LogP contribution in [0.1, 0.15) is 90.1 Å². The Hall–Kier alpha value is -11.5. The van der Waals surface area contributed by atoms with Crippen LogP contribution in [-0.4, -0.2) is 6.71 Å². The van der Waals surface area contributed by atoms with Crippen LogP contribution in [0.2, 0.25) is 0 Å². The molecule has 2 aliphatic rings. The second-order valence-corrected chi connectivity index (χ2v) is 29.1. The molecule has 2 aliphatic heterocycles. The monoisotopic (exact) mass is 1250 g/mol. The first kappa shape index (κ1) is 61.7. The Bertz CT molecular complexity index is 4950. The molecule has 0 saturated carbocycles. The van der Waals surface area contributed by atoms with E-state index in [1.165, 1.54) is 33.1 Å². The lowest BCUT2D eigenvalue weighted by Crippen LogP contribution is -2.61. The van der Waals surface area contributed by atoms with Gasteiger partial charge in [0.1, 0.15) is 0 Å². The van der Waals surface area contributed by atoms with Gasteiger partial charge in [-0.15, -0.1) is 0 Å². The summed E-state index contributed by atoms with van der Waals surface area (Å²) in [6, 6.07) is 112. The SMILES string of the molecule is CC(C)(C)c1ccc(-c2cc(-c3ccccc3C#N)cc(-c3ccccc3)c2N2c3ccc(-c4ccccc4)cc3B3c4cc(-c5ccccc5)ccc4N(c4c(-c5ccccc5)cc(-c5ccccc5C#N)cc4-c4ccc(C(C)(C)C)cc4)c4cc(C(C)(C)C)cc2c43)cc1. The molecule has 2 heterocycles. The van der Waals surface area contributed by atoms with Crippen molar-refractivity contribution in [3.63, 3.8) is 0 Å². The third kappa shape index (κ3) is 11.2. The molecule has 0 amide bonds. The molecule has 0 saturated heterocycles. The molecule has 0 spiro atoms. The van der Waals surface area contributed by atoms with Gasteiger partial charge in [0, 0.05) is 45.0 Å². The van der Waals surface area contributed by atoms with E-state index in [1.807, 2.05) is 36.4 Å². The van der Waals surface area contributed by atoms with Crippen molar-refractivity contribution in [2.24, 2.45) is 0 Å². The number of benzene rings is 13. The fraction of sp³-hybridized carbons (Fsp3) is 0.130. The van der Waals surface area contributed by atoms with Crippen LogP contribution in [-0.2, 0) is 16.2 Å². The zero-order valence-electron chi connectivity index (χ0n) is 56.6. The van der Waals surface area contributed by atoms with Crippen molar-refractivity contribution in [1.29, 1.82) is 10.5 Å². The lowest BCUT2D eigenvalue weighted by atomic mass is 9.33. The molecule has 15 rings (SSSR count). The van der Waals surface area contributed by atoms with Gasteiger partial charge >= 0.3 is 0 Å². The number of fused-ring (bicyclic) bond motifs is 4. The zero-order chi connectivity index (χ0) is 66.9. The Morgan fingerprint density at radius 1 is 0.258 bits per heavy atom. The van der Waals surface area contributed by atoms with E-state index in [-0.39, 0.29) is 23.0 Å². The van der Waals surface area contributed by atoms with Gasteiger partial charge in [-0.3, -0.25) is 0 Å². The Kier molecular flexibility index (Phi) is 15.5. The van der Waals surface area contributed by atoms with Gasteiger partial charge in [-0.2, -0.15) is 10.5 Å². The fourth-order valence-electron chi connectivity index (χ4n) is 14.7. The highest BCUT2D eigenvalue weighted by Crippen LogP contribution is 2.56. The van der Waals surface area contributed by atoms with Crippen LogP contribution in [0.3, 0.4) is 0 Å². The smallest absolute Gasteiger partial charge is 0.252 e. The van der Waals surface area contributed by atoms with Crippen LogP contribution in [0.25, 0.3) is 89.0 Å². The average molecular weight is 1250 g/mol. The van der Waals surface area contributed by atoms with Crippen LogP contribution in [0.15, 0.2) is 291 Å². The lowest BCUT2D eigenvalue weighted by Gasteiger charge is -2.46. The van der Waals surface area contributed by atoms with Gasteiger partial charge in [-0.1, -0.05) is 293 Å². The van der Waals surface area contributed by atoms with Gasteiger partial charge in [0.2, 0.25) is 0 Å². The molecule has 5 heteroatoms. The van der Waals surface area contributed by atoms with Crippen LogP contribution in [0.4, 0.5) is 34.1 Å². The first-order valence-corrected chi connectivity index (χ1v) is 33.8. The summed E-state index contributed by atoms with van der Waals surface area (Å²) in [7, 11) is 0. The minimum Gasteiger partial charge on any atom is -0.310 e. The number of nitriles is 2. The number of nitrogens with zero attached hydrogens (tertiary/aromatic N) is 4. The molecule has 466 valence electrons. The zero-order valence-corrected chi connectivity index (χ0v) is 56.6. The van der Waals surface area contributed by atoms with Crippen molar-refractivity contribution in [2.75, 3.05) is 9.80 Å². The Morgan fingerprint density at radius 3 is 0.887 bits per heavy atom. The first-order valence-electron chi connectivity index (χ1n) is 33.8. The molecule has 97 heavy (non-hydrogen) atoms. The maximum Gasteiger partial charge on any atom is 0.252 e. The predicted molar refractivity (Wildman–Crippen MR) is 409 cm³/mol. The van der Waals surface area contributed by atoms with Gasteiger partial charge < -0.3 is 9.80 Å². The van der Waals surface area contributed by atoms with E-state index < -0.39 is 0 Å². The number of rotatable bonds is 10. The largest absolute Gasteiger partial charge is 0.310 e. The molecule has 0 bridgehead atoms. The summed E-state index contributed by atoms with van der Waals surface area (Å²) in [6.45, 7) is 20.4. The maximum atomic E-state index is 10.9. The maximum absolute atomic E-state index is 10.9. The number of hydrogen-bond acceptors (Lipinski definition) is 4.